The number of nitro benzene ring substituents is 1. The van der Waals surface area contributed by atoms with Crippen molar-refractivity contribution in [3.8, 4) is 11.5 Å². The van der Waals surface area contributed by atoms with E-state index in [0.29, 0.717) is 49.9 Å². The molecule has 41 heavy (non-hydrogen) atoms. The van der Waals surface area contributed by atoms with Gasteiger partial charge in [0.25, 0.3) is 5.69 Å². The molecule has 0 saturated carbocycles. The number of nitro groups is 1. The topological polar surface area (TPSA) is 149 Å². The number of nitrogens with zero attached hydrogens (tertiary/aromatic N) is 2. The van der Waals surface area contributed by atoms with Crippen LogP contribution in [0.4, 0.5) is 11.4 Å². The van der Waals surface area contributed by atoms with Crippen LogP contribution in [-0.4, -0.2) is 87.7 Å². The SMILES string of the molecule is CCOc1ccc(CCNC(=O)[C@H](CCSC)Nc2ccc(S(=O)(=O)N3CCOCC3)cc2[N+](=O)[O-])cc1OCC. The Balaban J connectivity index is 1.72. The number of rotatable bonds is 16. The first-order valence-electron chi connectivity index (χ1n) is 13.5. The van der Waals surface area contributed by atoms with Crippen LogP contribution in [0.3, 0.4) is 0 Å². The summed E-state index contributed by atoms with van der Waals surface area (Å²) in [5, 5.41) is 17.8. The maximum Gasteiger partial charge on any atom is 0.293 e. The zero-order valence-corrected chi connectivity index (χ0v) is 25.2. The summed E-state index contributed by atoms with van der Waals surface area (Å²) in [4.78, 5) is 24.3. The number of benzene rings is 2. The molecule has 0 aliphatic carbocycles. The first-order valence-corrected chi connectivity index (χ1v) is 16.3. The number of nitrogens with one attached hydrogen (secondary N) is 2. The lowest BCUT2D eigenvalue weighted by Gasteiger charge is -2.26. The molecule has 14 heteroatoms. The normalized spacial score (nSPS) is 14.7. The van der Waals surface area contributed by atoms with E-state index in [9.17, 15) is 23.3 Å². The third-order valence-electron chi connectivity index (χ3n) is 6.35. The zero-order valence-electron chi connectivity index (χ0n) is 23.6. The largest absolute Gasteiger partial charge is 0.490 e. The fourth-order valence-electron chi connectivity index (χ4n) is 4.28. The number of carbonyl (C=O) groups excluding carboxylic acids is 1. The highest BCUT2D eigenvalue weighted by molar-refractivity contribution is 7.98. The summed E-state index contributed by atoms with van der Waals surface area (Å²) in [6.45, 7) is 6.03. The van der Waals surface area contributed by atoms with E-state index in [2.05, 4.69) is 10.6 Å². The molecule has 2 aromatic rings. The molecule has 226 valence electrons. The number of amides is 1. The molecule has 0 radical (unpaired) electrons. The minimum absolute atomic E-state index is 0.0741. The lowest BCUT2D eigenvalue weighted by molar-refractivity contribution is -0.384. The summed E-state index contributed by atoms with van der Waals surface area (Å²) in [5.41, 5.74) is 0.614. The van der Waals surface area contributed by atoms with E-state index in [-0.39, 0.29) is 42.8 Å². The van der Waals surface area contributed by atoms with Gasteiger partial charge in [0.15, 0.2) is 11.5 Å². The molecule has 3 rings (SSSR count). The van der Waals surface area contributed by atoms with E-state index in [4.69, 9.17) is 14.2 Å². The highest BCUT2D eigenvalue weighted by Crippen LogP contribution is 2.31. The molecule has 12 nitrogen and oxygen atoms in total. The molecule has 0 spiro atoms. The molecule has 1 saturated heterocycles. The third-order valence-corrected chi connectivity index (χ3v) is 8.89. The molecule has 2 N–H and O–H groups in total. The average molecular weight is 611 g/mol. The number of sulfonamides is 1. The van der Waals surface area contributed by atoms with Crippen LogP contribution in [0.2, 0.25) is 0 Å². The van der Waals surface area contributed by atoms with E-state index in [1.807, 2.05) is 38.3 Å². The summed E-state index contributed by atoms with van der Waals surface area (Å²) in [5.74, 6) is 1.63. The minimum atomic E-state index is -3.92. The Morgan fingerprint density at radius 2 is 1.83 bits per heavy atom. The minimum Gasteiger partial charge on any atom is -0.490 e. The van der Waals surface area contributed by atoms with Crippen molar-refractivity contribution in [3.05, 3.63) is 52.1 Å². The van der Waals surface area contributed by atoms with E-state index in [0.717, 1.165) is 11.6 Å². The predicted molar refractivity (Wildman–Crippen MR) is 159 cm³/mol. The highest BCUT2D eigenvalue weighted by Gasteiger charge is 2.30. The molecule has 0 bridgehead atoms. The molecule has 1 atom stereocenters. The Morgan fingerprint density at radius 3 is 2.49 bits per heavy atom. The summed E-state index contributed by atoms with van der Waals surface area (Å²) < 4.78 is 43.8. The van der Waals surface area contributed by atoms with Crippen molar-refractivity contribution >= 4 is 39.1 Å². The number of thioether (sulfide) groups is 1. The van der Waals surface area contributed by atoms with E-state index in [1.54, 1.807) is 11.8 Å². The van der Waals surface area contributed by atoms with E-state index in [1.165, 1.54) is 16.4 Å². The maximum atomic E-state index is 13.2. The molecule has 1 aliphatic heterocycles. The fraction of sp³-hybridized carbons (Fsp3) is 0.519. The van der Waals surface area contributed by atoms with E-state index < -0.39 is 26.7 Å². The van der Waals surface area contributed by atoms with Gasteiger partial charge in [-0.05, 0) is 68.5 Å². The van der Waals surface area contributed by atoms with Crippen molar-refractivity contribution in [2.45, 2.75) is 37.6 Å². The van der Waals surface area contributed by atoms with Gasteiger partial charge in [-0.25, -0.2) is 8.42 Å². The van der Waals surface area contributed by atoms with Crippen LogP contribution >= 0.6 is 11.8 Å². The van der Waals surface area contributed by atoms with Crippen LogP contribution < -0.4 is 20.1 Å². The van der Waals surface area contributed by atoms with Crippen LogP contribution in [0.15, 0.2) is 41.3 Å². The Kier molecular flexibility index (Phi) is 12.5. The van der Waals surface area contributed by atoms with Gasteiger partial charge in [-0.2, -0.15) is 16.1 Å². The van der Waals surface area contributed by atoms with Crippen LogP contribution in [0, 0.1) is 10.1 Å². The summed E-state index contributed by atoms with van der Waals surface area (Å²) in [7, 11) is -3.92. The van der Waals surface area contributed by atoms with E-state index >= 15 is 0 Å². The molecule has 1 amide bonds. The lowest BCUT2D eigenvalue weighted by atomic mass is 10.1. The van der Waals surface area contributed by atoms with Gasteiger partial charge >= 0.3 is 0 Å². The molecular weight excluding hydrogens is 572 g/mol. The lowest BCUT2D eigenvalue weighted by Crippen LogP contribution is -2.41. The second-order valence-electron chi connectivity index (χ2n) is 9.12. The standard InChI is InChI=1S/C27H38N4O8S2/c1-4-38-25-9-6-20(18-26(25)39-5-2)10-12-28-27(32)23(11-17-40-3)29-22-8-7-21(19-24(22)31(33)34)41(35,36)30-13-15-37-16-14-30/h6-9,18-19,23,29H,4-5,10-17H2,1-3H3,(H,28,32)/t23-/m0/s1. The van der Waals surface area contributed by atoms with Crippen LogP contribution in [0.5, 0.6) is 11.5 Å². The van der Waals surface area contributed by atoms with Gasteiger partial charge in [0, 0.05) is 25.7 Å². The Hall–Kier alpha value is -3.07. The first-order chi connectivity index (χ1) is 19.7. The quantitative estimate of drug-likeness (QED) is 0.214. The van der Waals surface area contributed by atoms with Crippen molar-refractivity contribution in [3.63, 3.8) is 0 Å². The molecule has 1 heterocycles. The van der Waals surface area contributed by atoms with Crippen molar-refractivity contribution in [2.24, 2.45) is 0 Å². The number of carbonyl (C=O) groups is 1. The zero-order chi connectivity index (χ0) is 29.8. The second kappa shape index (κ2) is 15.8. The van der Waals surface area contributed by atoms with Gasteiger partial charge in [0.2, 0.25) is 15.9 Å². The van der Waals surface area contributed by atoms with Crippen LogP contribution in [0.1, 0.15) is 25.8 Å². The van der Waals surface area contributed by atoms with Gasteiger partial charge in [0.1, 0.15) is 11.7 Å². The maximum absolute atomic E-state index is 13.2. The Labute approximate surface area is 245 Å². The number of morpholine rings is 1. The van der Waals surface area contributed by atoms with Gasteiger partial charge in [-0.15, -0.1) is 0 Å². The first kappa shape index (κ1) is 32.4. The fourth-order valence-corrected chi connectivity index (χ4v) is 6.18. The number of hydrogen-bond acceptors (Lipinski definition) is 10. The number of anilines is 1. The molecule has 1 aliphatic rings. The molecule has 1 fully saturated rings. The van der Waals surface area contributed by atoms with Crippen molar-refractivity contribution in [1.82, 2.24) is 9.62 Å². The van der Waals surface area contributed by atoms with Gasteiger partial charge in [-0.3, -0.25) is 14.9 Å². The van der Waals surface area contributed by atoms with Crippen LogP contribution in [-0.2, 0) is 26.0 Å². The molecular formula is C27H38N4O8S2. The molecule has 0 unspecified atom stereocenters. The third kappa shape index (κ3) is 8.96. The monoisotopic (exact) mass is 610 g/mol. The van der Waals surface area contributed by atoms with Gasteiger partial charge in [-0.1, -0.05) is 6.07 Å². The van der Waals surface area contributed by atoms with Gasteiger partial charge in [0.05, 0.1) is 36.2 Å². The van der Waals surface area contributed by atoms with Crippen molar-refractivity contribution in [2.75, 3.05) is 63.4 Å². The molecule has 0 aromatic heterocycles. The number of hydrogen-bond donors (Lipinski definition) is 2. The molecule has 2 aromatic carbocycles. The highest BCUT2D eigenvalue weighted by atomic mass is 32.2. The van der Waals surface area contributed by atoms with Crippen LogP contribution in [0.25, 0.3) is 0 Å². The Morgan fingerprint density at radius 1 is 1.12 bits per heavy atom. The smallest absolute Gasteiger partial charge is 0.293 e. The second-order valence-corrected chi connectivity index (χ2v) is 12.0. The summed E-state index contributed by atoms with van der Waals surface area (Å²) in [6.07, 6.45) is 2.86. The number of ether oxygens (including phenoxy) is 3. The Bertz CT molecular complexity index is 1290. The van der Waals surface area contributed by atoms with Crippen molar-refractivity contribution < 1.29 is 32.3 Å². The predicted octanol–water partition coefficient (Wildman–Crippen LogP) is 3.31. The van der Waals surface area contributed by atoms with Crippen molar-refractivity contribution in [1.29, 1.82) is 0 Å². The van der Waals surface area contributed by atoms with Gasteiger partial charge < -0.3 is 24.8 Å². The summed E-state index contributed by atoms with van der Waals surface area (Å²) >= 11 is 1.55. The summed E-state index contributed by atoms with van der Waals surface area (Å²) in [6, 6.07) is 8.60. The average Bonchev–Trinajstić information content (AvgIpc) is 2.97.